The van der Waals surface area contributed by atoms with Gasteiger partial charge in [-0.1, -0.05) is 206 Å². The molecular formula is C50H97NO10. The van der Waals surface area contributed by atoms with E-state index in [1.165, 1.54) is 154 Å². The number of ether oxygens (including phenoxy) is 2. The maximum atomic E-state index is 13.1. The maximum Gasteiger partial charge on any atom is 0.249 e. The topological polar surface area (TPSA) is 189 Å². The molecule has 1 amide bonds. The molecule has 0 radical (unpaired) electrons. The molecule has 1 aliphatic heterocycles. The van der Waals surface area contributed by atoms with Crippen LogP contribution < -0.4 is 5.32 Å². The Morgan fingerprint density at radius 2 is 0.967 bits per heavy atom. The van der Waals surface area contributed by atoms with Crippen molar-refractivity contribution in [3.8, 4) is 0 Å². The molecular weight excluding hydrogens is 775 g/mol. The zero-order chi connectivity index (χ0) is 44.8. The molecule has 11 nitrogen and oxygen atoms in total. The number of aliphatic hydroxyl groups is 7. The second-order valence-electron chi connectivity index (χ2n) is 18.2. The summed E-state index contributed by atoms with van der Waals surface area (Å²) in [7, 11) is 0. The van der Waals surface area contributed by atoms with E-state index in [0.717, 1.165) is 38.5 Å². The summed E-state index contributed by atoms with van der Waals surface area (Å²) in [6.45, 7) is 3.43. The first-order chi connectivity index (χ1) is 29.7. The van der Waals surface area contributed by atoms with Gasteiger partial charge in [0.1, 0.15) is 36.6 Å². The Kier molecular flexibility index (Phi) is 38.3. The van der Waals surface area contributed by atoms with Crippen molar-refractivity contribution in [1.82, 2.24) is 5.32 Å². The average Bonchev–Trinajstić information content (AvgIpc) is 3.26. The lowest BCUT2D eigenvalue weighted by atomic mass is 9.98. The van der Waals surface area contributed by atoms with Crippen molar-refractivity contribution in [3.05, 3.63) is 12.2 Å². The Labute approximate surface area is 372 Å². The van der Waals surface area contributed by atoms with Crippen LogP contribution in [0.25, 0.3) is 0 Å². The normalized spacial score (nSPS) is 21.5. The van der Waals surface area contributed by atoms with Gasteiger partial charge < -0.3 is 50.5 Å². The summed E-state index contributed by atoms with van der Waals surface area (Å²) < 4.78 is 11.1. The number of rotatable bonds is 43. The van der Waals surface area contributed by atoms with Gasteiger partial charge in [-0.05, 0) is 38.5 Å². The molecule has 1 saturated heterocycles. The number of hydrogen-bond donors (Lipinski definition) is 8. The van der Waals surface area contributed by atoms with Crippen LogP contribution in [0.3, 0.4) is 0 Å². The van der Waals surface area contributed by atoms with E-state index < -0.39 is 74.2 Å². The van der Waals surface area contributed by atoms with Gasteiger partial charge >= 0.3 is 0 Å². The summed E-state index contributed by atoms with van der Waals surface area (Å²) >= 11 is 0. The Bertz CT molecular complexity index is 1000. The summed E-state index contributed by atoms with van der Waals surface area (Å²) in [4.78, 5) is 13.1. The number of unbranched alkanes of at least 4 members (excludes halogenated alkanes) is 29. The molecule has 1 rings (SSSR count). The lowest BCUT2D eigenvalue weighted by Gasteiger charge is -2.40. The summed E-state index contributed by atoms with van der Waals surface area (Å²) in [5.41, 5.74) is 0. The molecule has 1 heterocycles. The fraction of sp³-hybridized carbons (Fsp3) is 0.940. The van der Waals surface area contributed by atoms with Crippen molar-refractivity contribution >= 4 is 5.91 Å². The molecule has 0 spiro atoms. The highest BCUT2D eigenvalue weighted by molar-refractivity contribution is 5.80. The molecule has 8 N–H and O–H groups in total. The van der Waals surface area contributed by atoms with Crippen molar-refractivity contribution < 1.29 is 50.0 Å². The largest absolute Gasteiger partial charge is 0.394 e. The minimum atomic E-state index is -1.66. The van der Waals surface area contributed by atoms with Crippen molar-refractivity contribution in [2.75, 3.05) is 13.2 Å². The molecule has 9 atom stereocenters. The van der Waals surface area contributed by atoms with E-state index in [1.54, 1.807) is 0 Å². The predicted molar refractivity (Wildman–Crippen MR) is 247 cm³/mol. The zero-order valence-electron chi connectivity index (χ0n) is 39.2. The standard InChI is InChI=1S/C50H97NO10/c1-3-5-7-9-11-13-15-17-18-19-20-21-22-23-24-25-26-28-30-32-34-36-38-43(54)49(59)51-41(40-60-50-48(58)47(57)46(56)44(39-52)61-50)45(55)42(53)37-35-33-31-29-27-16-14-12-10-8-6-4-2/h29,31,41-48,50,52-58H,3-28,30,32-40H2,1-2H3,(H,51,59)/b31-29+/t41-,42+,43?,44+,45-,46+,47-,48+,50+/m0/s1. The Morgan fingerprint density at radius 3 is 1.41 bits per heavy atom. The van der Waals surface area contributed by atoms with Gasteiger partial charge in [0, 0.05) is 0 Å². The minimum Gasteiger partial charge on any atom is -0.394 e. The molecule has 0 aromatic rings. The number of hydrogen-bond acceptors (Lipinski definition) is 10. The zero-order valence-corrected chi connectivity index (χ0v) is 39.2. The highest BCUT2D eigenvalue weighted by atomic mass is 16.7. The second kappa shape index (κ2) is 40.4. The van der Waals surface area contributed by atoms with Crippen molar-refractivity contribution in [2.24, 2.45) is 0 Å². The molecule has 0 aromatic heterocycles. The Morgan fingerprint density at radius 1 is 0.557 bits per heavy atom. The Hall–Kier alpha value is -1.15. The first-order valence-electron chi connectivity index (χ1n) is 25.6. The molecule has 0 aliphatic carbocycles. The monoisotopic (exact) mass is 872 g/mol. The van der Waals surface area contributed by atoms with Gasteiger partial charge in [-0.3, -0.25) is 4.79 Å². The van der Waals surface area contributed by atoms with Gasteiger partial charge in [-0.25, -0.2) is 0 Å². The lowest BCUT2D eigenvalue weighted by molar-refractivity contribution is -0.303. The number of allylic oxidation sites excluding steroid dienone is 2. The smallest absolute Gasteiger partial charge is 0.249 e. The van der Waals surface area contributed by atoms with E-state index in [9.17, 15) is 40.5 Å². The van der Waals surface area contributed by atoms with Crippen LogP contribution in [0.1, 0.15) is 232 Å². The van der Waals surface area contributed by atoms with Gasteiger partial charge in [0.05, 0.1) is 25.4 Å². The third-order valence-electron chi connectivity index (χ3n) is 12.6. The summed E-state index contributed by atoms with van der Waals surface area (Å²) in [6.07, 6.45) is 32.7. The quantitative estimate of drug-likeness (QED) is 0.0217. The number of carbonyl (C=O) groups is 1. The number of amides is 1. The highest BCUT2D eigenvalue weighted by Crippen LogP contribution is 2.23. The van der Waals surface area contributed by atoms with E-state index in [0.29, 0.717) is 12.8 Å². The molecule has 0 aromatic carbocycles. The number of aliphatic hydroxyl groups excluding tert-OH is 7. The van der Waals surface area contributed by atoms with Gasteiger partial charge in [-0.15, -0.1) is 0 Å². The van der Waals surface area contributed by atoms with E-state index in [-0.39, 0.29) is 12.8 Å². The van der Waals surface area contributed by atoms with E-state index in [4.69, 9.17) is 9.47 Å². The average molecular weight is 872 g/mol. The molecule has 11 heteroatoms. The van der Waals surface area contributed by atoms with Crippen LogP contribution in [-0.4, -0.2) is 110 Å². The third-order valence-corrected chi connectivity index (χ3v) is 12.6. The summed E-state index contributed by atoms with van der Waals surface area (Å²) in [5.74, 6) is -0.703. The van der Waals surface area contributed by atoms with Crippen LogP contribution in [0, 0.1) is 0 Å². The number of nitrogens with one attached hydrogen (secondary N) is 1. The van der Waals surface area contributed by atoms with Crippen molar-refractivity contribution in [1.29, 1.82) is 0 Å². The van der Waals surface area contributed by atoms with Crippen LogP contribution in [0.15, 0.2) is 12.2 Å². The molecule has 362 valence electrons. The highest BCUT2D eigenvalue weighted by Gasteiger charge is 2.44. The molecule has 61 heavy (non-hydrogen) atoms. The van der Waals surface area contributed by atoms with Crippen LogP contribution in [0.4, 0.5) is 0 Å². The van der Waals surface area contributed by atoms with Gasteiger partial charge in [-0.2, -0.15) is 0 Å². The van der Waals surface area contributed by atoms with Crippen molar-refractivity contribution in [2.45, 2.75) is 287 Å². The third kappa shape index (κ3) is 29.8. The fourth-order valence-electron chi connectivity index (χ4n) is 8.32. The maximum absolute atomic E-state index is 13.1. The van der Waals surface area contributed by atoms with E-state index in [2.05, 4.69) is 31.3 Å². The number of carbonyl (C=O) groups excluding carboxylic acids is 1. The predicted octanol–water partition coefficient (Wildman–Crippen LogP) is 9.23. The molecule has 1 unspecified atom stereocenters. The van der Waals surface area contributed by atoms with Crippen LogP contribution in [0.5, 0.6) is 0 Å². The molecule has 0 bridgehead atoms. The fourth-order valence-corrected chi connectivity index (χ4v) is 8.32. The minimum absolute atomic E-state index is 0.259. The first kappa shape index (κ1) is 57.9. The molecule has 1 fully saturated rings. The Balaban J connectivity index is 2.35. The van der Waals surface area contributed by atoms with Crippen molar-refractivity contribution in [3.63, 3.8) is 0 Å². The van der Waals surface area contributed by atoms with Crippen LogP contribution in [0.2, 0.25) is 0 Å². The summed E-state index contributed by atoms with van der Waals surface area (Å²) in [5, 5.41) is 75.7. The molecule has 1 aliphatic rings. The van der Waals surface area contributed by atoms with E-state index in [1.807, 2.05) is 0 Å². The van der Waals surface area contributed by atoms with Gasteiger partial charge in [0.2, 0.25) is 5.91 Å². The van der Waals surface area contributed by atoms with Gasteiger partial charge in [0.15, 0.2) is 6.29 Å². The first-order valence-corrected chi connectivity index (χ1v) is 25.6. The van der Waals surface area contributed by atoms with Gasteiger partial charge in [0.25, 0.3) is 0 Å². The second-order valence-corrected chi connectivity index (χ2v) is 18.2. The van der Waals surface area contributed by atoms with E-state index >= 15 is 0 Å². The van der Waals surface area contributed by atoms with Crippen LogP contribution >= 0.6 is 0 Å². The molecule has 0 saturated carbocycles. The SMILES string of the molecule is CCCCCCCCC/C=C/CCC[C@@H](O)[C@@H](O)[C@H](CO[C@@H]1O[C@H](CO)[C@@H](O)[C@H](O)[C@H]1O)NC(=O)C(O)CCCCCCCCCCCCCCCCCCCCCCCC. The lowest BCUT2D eigenvalue weighted by Crippen LogP contribution is -2.60. The summed E-state index contributed by atoms with van der Waals surface area (Å²) in [6, 6.07) is -1.18. The van der Waals surface area contributed by atoms with Crippen LogP contribution in [-0.2, 0) is 14.3 Å².